The van der Waals surface area contributed by atoms with Crippen molar-refractivity contribution in [2.24, 2.45) is 5.92 Å². The minimum Gasteiger partial charge on any atom is -0.355 e. The molecular formula is C29H25FN4O. The Morgan fingerprint density at radius 1 is 0.857 bits per heavy atom. The first-order chi connectivity index (χ1) is 17.1. The van der Waals surface area contributed by atoms with Gasteiger partial charge >= 0.3 is 0 Å². The maximum absolute atomic E-state index is 13.2. The fraction of sp³-hybridized carbons (Fsp3) is 0.207. The summed E-state index contributed by atoms with van der Waals surface area (Å²) in [4.78, 5) is 15.1. The summed E-state index contributed by atoms with van der Waals surface area (Å²) >= 11 is 0. The molecule has 1 N–H and O–H groups in total. The molecule has 1 aliphatic heterocycles. The maximum atomic E-state index is 13.2. The summed E-state index contributed by atoms with van der Waals surface area (Å²) in [5.41, 5.74) is 7.57. The first kappa shape index (κ1) is 21.5. The third-order valence-electron chi connectivity index (χ3n) is 7.04. The Balaban J connectivity index is 1.06. The van der Waals surface area contributed by atoms with Gasteiger partial charge in [-0.2, -0.15) is 0 Å². The van der Waals surface area contributed by atoms with Crippen LogP contribution >= 0.6 is 0 Å². The van der Waals surface area contributed by atoms with Crippen LogP contribution in [0.2, 0.25) is 0 Å². The van der Waals surface area contributed by atoms with Crippen molar-refractivity contribution in [1.82, 2.24) is 10.2 Å². The largest absolute Gasteiger partial charge is 0.355 e. The molecule has 6 rings (SSSR count). The van der Waals surface area contributed by atoms with Crippen LogP contribution in [-0.2, 0) is 11.2 Å². The number of nitrogens with one attached hydrogen (secondary N) is 1. The topological polar surface area (TPSA) is 58.1 Å². The number of rotatable bonds is 4. The smallest absolute Gasteiger partial charge is 0.227 e. The van der Waals surface area contributed by atoms with Crippen LogP contribution in [-0.4, -0.2) is 29.2 Å². The molecule has 0 spiro atoms. The van der Waals surface area contributed by atoms with Crippen LogP contribution in [0.1, 0.15) is 24.0 Å². The van der Waals surface area contributed by atoms with Gasteiger partial charge in [0.15, 0.2) is 5.82 Å². The molecule has 1 aliphatic carbocycles. The first-order valence-corrected chi connectivity index (χ1v) is 12.0. The Labute approximate surface area is 203 Å². The van der Waals surface area contributed by atoms with Gasteiger partial charge in [0.25, 0.3) is 0 Å². The Hall–Kier alpha value is -4.06. The minimum atomic E-state index is -0.271. The lowest BCUT2D eigenvalue weighted by atomic mass is 9.95. The minimum absolute atomic E-state index is 0.0249. The quantitative estimate of drug-likeness (QED) is 0.370. The van der Waals surface area contributed by atoms with Crippen LogP contribution < -0.4 is 10.2 Å². The molecule has 0 atom stereocenters. The van der Waals surface area contributed by atoms with Gasteiger partial charge in [0.2, 0.25) is 5.91 Å². The zero-order valence-electron chi connectivity index (χ0n) is 19.2. The second kappa shape index (κ2) is 8.95. The van der Waals surface area contributed by atoms with Crippen molar-refractivity contribution in [1.29, 1.82) is 0 Å². The molecule has 0 bridgehead atoms. The number of amides is 1. The third-order valence-corrected chi connectivity index (χ3v) is 7.04. The van der Waals surface area contributed by atoms with E-state index < -0.39 is 0 Å². The molecule has 0 radical (unpaired) electrons. The van der Waals surface area contributed by atoms with Gasteiger partial charge in [0.1, 0.15) is 5.82 Å². The van der Waals surface area contributed by atoms with E-state index in [9.17, 15) is 9.18 Å². The third kappa shape index (κ3) is 4.28. The molecule has 1 saturated heterocycles. The van der Waals surface area contributed by atoms with Gasteiger partial charge in [-0.15, -0.1) is 10.2 Å². The summed E-state index contributed by atoms with van der Waals surface area (Å²) in [5, 5.41) is 11.8. The van der Waals surface area contributed by atoms with Gasteiger partial charge < -0.3 is 10.2 Å². The number of benzene rings is 3. The van der Waals surface area contributed by atoms with Gasteiger partial charge in [0.05, 0.1) is 5.69 Å². The average Bonchev–Trinajstić information content (AvgIpc) is 3.27. The Bertz CT molecular complexity index is 1380. The molecule has 174 valence electrons. The highest BCUT2D eigenvalue weighted by atomic mass is 19.1. The van der Waals surface area contributed by atoms with Gasteiger partial charge in [-0.25, -0.2) is 4.39 Å². The lowest BCUT2D eigenvalue weighted by molar-refractivity contribution is -0.120. The molecule has 35 heavy (non-hydrogen) atoms. The standard InChI is InChI=1S/C29H25FN4O/c30-23-7-5-19(6-8-23)27-11-12-28(33-32-27)34-15-13-20(14-16-34)29(35)31-24-9-10-26-22(18-24)17-21-3-1-2-4-25(21)26/h1-12,18,20H,13-17H2,(H,31,35). The van der Waals surface area contributed by atoms with Gasteiger partial charge in [-0.05, 0) is 90.0 Å². The van der Waals surface area contributed by atoms with E-state index in [0.717, 1.165) is 49.4 Å². The molecule has 1 fully saturated rings. The highest BCUT2D eigenvalue weighted by Crippen LogP contribution is 2.37. The predicted octanol–water partition coefficient (Wildman–Crippen LogP) is 5.71. The summed E-state index contributed by atoms with van der Waals surface area (Å²) in [6.45, 7) is 1.50. The van der Waals surface area contributed by atoms with Crippen molar-refractivity contribution in [3.63, 3.8) is 0 Å². The molecule has 0 unspecified atom stereocenters. The molecular weight excluding hydrogens is 439 g/mol. The van der Waals surface area contributed by atoms with Crippen molar-refractivity contribution >= 4 is 17.4 Å². The molecule has 6 heteroatoms. The van der Waals surface area contributed by atoms with E-state index in [2.05, 4.69) is 56.8 Å². The molecule has 5 nitrogen and oxygen atoms in total. The fourth-order valence-corrected chi connectivity index (χ4v) is 5.11. The Morgan fingerprint density at radius 2 is 1.63 bits per heavy atom. The second-order valence-electron chi connectivity index (χ2n) is 9.24. The van der Waals surface area contributed by atoms with E-state index in [1.54, 1.807) is 12.1 Å². The van der Waals surface area contributed by atoms with E-state index in [4.69, 9.17) is 0 Å². The number of carbonyl (C=O) groups is 1. The van der Waals surface area contributed by atoms with Crippen LogP contribution in [0.4, 0.5) is 15.9 Å². The van der Waals surface area contributed by atoms with Crippen LogP contribution in [0.15, 0.2) is 78.9 Å². The highest BCUT2D eigenvalue weighted by Gasteiger charge is 2.26. The molecule has 4 aromatic rings. The zero-order chi connectivity index (χ0) is 23.8. The number of fused-ring (bicyclic) bond motifs is 3. The number of piperidine rings is 1. The second-order valence-corrected chi connectivity index (χ2v) is 9.24. The summed E-state index contributed by atoms with van der Waals surface area (Å²) in [5.74, 6) is 0.584. The molecule has 0 saturated carbocycles. The number of anilines is 2. The zero-order valence-corrected chi connectivity index (χ0v) is 19.2. The normalized spacial score (nSPS) is 14.9. The van der Waals surface area contributed by atoms with Crippen molar-refractivity contribution < 1.29 is 9.18 Å². The van der Waals surface area contributed by atoms with Crippen molar-refractivity contribution in [3.05, 3.63) is 95.8 Å². The van der Waals surface area contributed by atoms with Gasteiger partial charge in [0, 0.05) is 30.3 Å². The van der Waals surface area contributed by atoms with Gasteiger partial charge in [-0.3, -0.25) is 4.79 Å². The van der Waals surface area contributed by atoms with Crippen LogP contribution in [0, 0.1) is 11.7 Å². The lowest BCUT2D eigenvalue weighted by Crippen LogP contribution is -2.38. The van der Waals surface area contributed by atoms with Gasteiger partial charge in [-0.1, -0.05) is 30.3 Å². The summed E-state index contributed by atoms with van der Waals surface area (Å²) in [6, 6.07) is 24.8. The molecule has 1 amide bonds. The Kier molecular flexibility index (Phi) is 5.49. The monoisotopic (exact) mass is 464 g/mol. The lowest BCUT2D eigenvalue weighted by Gasteiger charge is -2.31. The fourth-order valence-electron chi connectivity index (χ4n) is 5.11. The number of hydrogen-bond acceptors (Lipinski definition) is 4. The summed E-state index contributed by atoms with van der Waals surface area (Å²) in [6.07, 6.45) is 2.45. The number of aromatic nitrogens is 2. The number of halogens is 1. The van der Waals surface area contributed by atoms with E-state index in [1.165, 1.54) is 34.4 Å². The van der Waals surface area contributed by atoms with Crippen molar-refractivity contribution in [2.45, 2.75) is 19.3 Å². The van der Waals surface area contributed by atoms with Crippen LogP contribution in [0.25, 0.3) is 22.4 Å². The molecule has 3 aromatic carbocycles. The number of nitrogens with zero attached hydrogens (tertiary/aromatic N) is 3. The number of hydrogen-bond donors (Lipinski definition) is 1. The van der Waals surface area contributed by atoms with Crippen molar-refractivity contribution in [2.75, 3.05) is 23.3 Å². The SMILES string of the molecule is O=C(Nc1ccc2c(c1)Cc1ccccc1-2)C1CCN(c2ccc(-c3ccc(F)cc3)nn2)CC1. The first-order valence-electron chi connectivity index (χ1n) is 12.0. The van der Waals surface area contributed by atoms with Crippen LogP contribution in [0.3, 0.4) is 0 Å². The highest BCUT2D eigenvalue weighted by molar-refractivity contribution is 5.93. The average molecular weight is 465 g/mol. The van der Waals surface area contributed by atoms with E-state index in [-0.39, 0.29) is 17.6 Å². The summed E-state index contributed by atoms with van der Waals surface area (Å²) in [7, 11) is 0. The van der Waals surface area contributed by atoms with Crippen LogP contribution in [0.5, 0.6) is 0 Å². The Morgan fingerprint density at radius 3 is 2.40 bits per heavy atom. The maximum Gasteiger partial charge on any atom is 0.227 e. The predicted molar refractivity (Wildman–Crippen MR) is 136 cm³/mol. The molecule has 2 heterocycles. The number of carbonyl (C=O) groups excluding carboxylic acids is 1. The van der Waals surface area contributed by atoms with E-state index >= 15 is 0 Å². The molecule has 1 aromatic heterocycles. The van der Waals surface area contributed by atoms with E-state index in [1.807, 2.05) is 18.2 Å². The summed E-state index contributed by atoms with van der Waals surface area (Å²) < 4.78 is 13.2. The van der Waals surface area contributed by atoms with E-state index in [0.29, 0.717) is 5.69 Å². The van der Waals surface area contributed by atoms with Crippen molar-refractivity contribution in [3.8, 4) is 22.4 Å². The molecule has 2 aliphatic rings.